The SMILES string of the molecule is CCCNC(c1ccc(Br)c(C)c1)c1nccs1. The van der Waals surface area contributed by atoms with Gasteiger partial charge in [0.2, 0.25) is 0 Å². The number of aromatic nitrogens is 1. The molecule has 4 heteroatoms. The molecule has 0 aliphatic rings. The Labute approximate surface area is 121 Å². The van der Waals surface area contributed by atoms with E-state index >= 15 is 0 Å². The molecule has 96 valence electrons. The lowest BCUT2D eigenvalue weighted by molar-refractivity contribution is 0.595. The fraction of sp³-hybridized carbons (Fsp3) is 0.357. The van der Waals surface area contributed by atoms with Crippen LogP contribution in [0.15, 0.2) is 34.2 Å². The summed E-state index contributed by atoms with van der Waals surface area (Å²) in [7, 11) is 0. The van der Waals surface area contributed by atoms with Gasteiger partial charge in [0, 0.05) is 16.0 Å². The van der Waals surface area contributed by atoms with E-state index in [1.54, 1.807) is 11.3 Å². The molecule has 18 heavy (non-hydrogen) atoms. The Bertz CT molecular complexity index is 497. The number of thiazole rings is 1. The lowest BCUT2D eigenvalue weighted by Crippen LogP contribution is -2.23. The minimum atomic E-state index is 0.205. The minimum Gasteiger partial charge on any atom is -0.304 e. The highest BCUT2D eigenvalue weighted by Gasteiger charge is 2.16. The van der Waals surface area contributed by atoms with Crippen LogP contribution in [-0.4, -0.2) is 11.5 Å². The van der Waals surface area contributed by atoms with E-state index in [9.17, 15) is 0 Å². The zero-order chi connectivity index (χ0) is 13.0. The summed E-state index contributed by atoms with van der Waals surface area (Å²) < 4.78 is 1.15. The van der Waals surface area contributed by atoms with Gasteiger partial charge in [0.1, 0.15) is 5.01 Å². The Morgan fingerprint density at radius 3 is 2.89 bits per heavy atom. The highest BCUT2D eigenvalue weighted by Crippen LogP contribution is 2.27. The summed E-state index contributed by atoms with van der Waals surface area (Å²) in [6, 6.07) is 6.69. The molecule has 0 amide bonds. The topological polar surface area (TPSA) is 24.9 Å². The molecule has 0 aliphatic carbocycles. The molecule has 0 spiro atoms. The average Bonchev–Trinajstić information content (AvgIpc) is 2.88. The maximum atomic E-state index is 4.44. The Kier molecular flexibility index (Phi) is 4.92. The summed E-state index contributed by atoms with van der Waals surface area (Å²) in [5.41, 5.74) is 2.53. The summed E-state index contributed by atoms with van der Waals surface area (Å²) in [4.78, 5) is 4.44. The number of nitrogens with one attached hydrogen (secondary N) is 1. The molecular formula is C14H17BrN2S. The Balaban J connectivity index is 2.30. The second-order valence-electron chi connectivity index (χ2n) is 4.27. The molecule has 1 aromatic heterocycles. The second-order valence-corrected chi connectivity index (χ2v) is 6.05. The van der Waals surface area contributed by atoms with Crippen molar-refractivity contribution in [2.45, 2.75) is 26.3 Å². The first-order chi connectivity index (χ1) is 8.72. The third-order valence-corrected chi connectivity index (χ3v) is 4.54. The lowest BCUT2D eigenvalue weighted by atomic mass is 10.0. The van der Waals surface area contributed by atoms with E-state index in [0.29, 0.717) is 0 Å². The highest BCUT2D eigenvalue weighted by atomic mass is 79.9. The van der Waals surface area contributed by atoms with E-state index in [2.05, 4.69) is 58.3 Å². The molecule has 0 radical (unpaired) electrons. The minimum absolute atomic E-state index is 0.205. The van der Waals surface area contributed by atoms with Gasteiger partial charge in [-0.25, -0.2) is 4.98 Å². The van der Waals surface area contributed by atoms with Gasteiger partial charge in [-0.3, -0.25) is 0 Å². The van der Waals surface area contributed by atoms with Crippen LogP contribution in [0.2, 0.25) is 0 Å². The van der Waals surface area contributed by atoms with Crippen molar-refractivity contribution in [3.63, 3.8) is 0 Å². The zero-order valence-corrected chi connectivity index (χ0v) is 13.0. The van der Waals surface area contributed by atoms with E-state index in [1.165, 1.54) is 11.1 Å². The third kappa shape index (κ3) is 3.19. The fourth-order valence-corrected chi connectivity index (χ4v) is 2.85. The largest absolute Gasteiger partial charge is 0.304 e. The van der Waals surface area contributed by atoms with Crippen LogP contribution in [0.5, 0.6) is 0 Å². The van der Waals surface area contributed by atoms with Gasteiger partial charge in [-0.1, -0.05) is 35.0 Å². The molecule has 1 heterocycles. The molecular weight excluding hydrogens is 308 g/mol. The first kappa shape index (κ1) is 13.7. The summed E-state index contributed by atoms with van der Waals surface area (Å²) in [6.45, 7) is 5.30. The number of rotatable bonds is 5. The first-order valence-electron chi connectivity index (χ1n) is 6.11. The van der Waals surface area contributed by atoms with E-state index in [4.69, 9.17) is 0 Å². The molecule has 1 unspecified atom stereocenters. The van der Waals surface area contributed by atoms with Crippen molar-refractivity contribution in [1.82, 2.24) is 10.3 Å². The van der Waals surface area contributed by atoms with Crippen LogP contribution in [-0.2, 0) is 0 Å². The number of nitrogens with zero attached hydrogens (tertiary/aromatic N) is 1. The molecule has 0 saturated heterocycles. The van der Waals surface area contributed by atoms with Gasteiger partial charge in [0.15, 0.2) is 0 Å². The lowest BCUT2D eigenvalue weighted by Gasteiger charge is -2.17. The molecule has 1 aromatic carbocycles. The fourth-order valence-electron chi connectivity index (χ4n) is 1.86. The standard InChI is InChI=1S/C14H17BrN2S/c1-3-6-16-13(14-17-7-8-18-14)11-4-5-12(15)10(2)9-11/h4-5,7-9,13,16H,3,6H2,1-2H3. The van der Waals surface area contributed by atoms with Crippen molar-refractivity contribution >= 4 is 27.3 Å². The molecule has 1 atom stereocenters. The highest BCUT2D eigenvalue weighted by molar-refractivity contribution is 9.10. The van der Waals surface area contributed by atoms with Crippen LogP contribution in [0.4, 0.5) is 0 Å². The monoisotopic (exact) mass is 324 g/mol. The van der Waals surface area contributed by atoms with Gasteiger partial charge in [-0.05, 0) is 37.1 Å². The van der Waals surface area contributed by atoms with Gasteiger partial charge < -0.3 is 5.32 Å². The summed E-state index contributed by atoms with van der Waals surface area (Å²) in [5, 5.41) is 6.73. The predicted molar refractivity (Wildman–Crippen MR) is 81.1 cm³/mol. The normalized spacial score (nSPS) is 12.6. The van der Waals surface area contributed by atoms with E-state index in [1.807, 2.05) is 11.6 Å². The predicted octanol–water partition coefficient (Wildman–Crippen LogP) is 4.30. The Morgan fingerprint density at radius 2 is 2.28 bits per heavy atom. The van der Waals surface area contributed by atoms with Crippen molar-refractivity contribution < 1.29 is 0 Å². The number of benzene rings is 1. The molecule has 1 N–H and O–H groups in total. The maximum absolute atomic E-state index is 4.44. The number of hydrogen-bond acceptors (Lipinski definition) is 3. The molecule has 0 aliphatic heterocycles. The Morgan fingerprint density at radius 1 is 1.44 bits per heavy atom. The van der Waals surface area contributed by atoms with Crippen LogP contribution >= 0.6 is 27.3 Å². The molecule has 2 nitrogen and oxygen atoms in total. The van der Waals surface area contributed by atoms with Gasteiger partial charge in [0.25, 0.3) is 0 Å². The van der Waals surface area contributed by atoms with Crippen LogP contribution in [0.25, 0.3) is 0 Å². The second kappa shape index (κ2) is 6.45. The van der Waals surface area contributed by atoms with Crippen molar-refractivity contribution in [1.29, 1.82) is 0 Å². The average molecular weight is 325 g/mol. The number of halogens is 1. The molecule has 0 fully saturated rings. The summed E-state index contributed by atoms with van der Waals surface area (Å²) >= 11 is 5.25. The molecule has 2 rings (SSSR count). The summed E-state index contributed by atoms with van der Waals surface area (Å²) in [6.07, 6.45) is 2.99. The smallest absolute Gasteiger partial charge is 0.114 e. The van der Waals surface area contributed by atoms with E-state index in [-0.39, 0.29) is 6.04 Å². The molecule has 0 saturated carbocycles. The number of aryl methyl sites for hydroxylation is 1. The van der Waals surface area contributed by atoms with Gasteiger partial charge in [0.05, 0.1) is 6.04 Å². The van der Waals surface area contributed by atoms with Gasteiger partial charge in [-0.2, -0.15) is 0 Å². The molecule has 2 aromatic rings. The van der Waals surface area contributed by atoms with Crippen molar-refractivity contribution in [2.24, 2.45) is 0 Å². The van der Waals surface area contributed by atoms with Gasteiger partial charge in [-0.15, -0.1) is 11.3 Å². The summed E-state index contributed by atoms with van der Waals surface area (Å²) in [5.74, 6) is 0. The zero-order valence-electron chi connectivity index (χ0n) is 10.6. The van der Waals surface area contributed by atoms with Crippen molar-refractivity contribution in [3.05, 3.63) is 50.4 Å². The van der Waals surface area contributed by atoms with Crippen molar-refractivity contribution in [2.75, 3.05) is 6.54 Å². The van der Waals surface area contributed by atoms with Crippen LogP contribution in [0.1, 0.15) is 35.5 Å². The van der Waals surface area contributed by atoms with Crippen LogP contribution in [0.3, 0.4) is 0 Å². The van der Waals surface area contributed by atoms with Crippen molar-refractivity contribution in [3.8, 4) is 0 Å². The van der Waals surface area contributed by atoms with Crippen LogP contribution < -0.4 is 5.32 Å². The van der Waals surface area contributed by atoms with E-state index < -0.39 is 0 Å². The van der Waals surface area contributed by atoms with E-state index in [0.717, 1.165) is 22.4 Å². The number of hydrogen-bond donors (Lipinski definition) is 1. The first-order valence-corrected chi connectivity index (χ1v) is 7.78. The maximum Gasteiger partial charge on any atom is 0.114 e. The van der Waals surface area contributed by atoms with Gasteiger partial charge >= 0.3 is 0 Å². The third-order valence-electron chi connectivity index (χ3n) is 2.81. The Hall–Kier alpha value is -0.710. The van der Waals surface area contributed by atoms with Crippen LogP contribution in [0, 0.1) is 6.92 Å². The quantitative estimate of drug-likeness (QED) is 0.886. The molecule has 0 bridgehead atoms.